The second kappa shape index (κ2) is 8.50. The van der Waals surface area contributed by atoms with Crippen LogP contribution in [0.15, 0.2) is 29.3 Å². The molecular weight excluding hydrogens is 347 g/mol. The van der Waals surface area contributed by atoms with Crippen LogP contribution in [0.25, 0.3) is 0 Å². The first-order chi connectivity index (χ1) is 11.8. The number of benzene rings is 1. The molecule has 1 amide bonds. The van der Waals surface area contributed by atoms with Crippen molar-refractivity contribution in [2.75, 3.05) is 0 Å². The van der Waals surface area contributed by atoms with Crippen molar-refractivity contribution in [2.45, 2.75) is 58.0 Å². The molecule has 0 heterocycles. The molecule has 0 saturated carbocycles. The van der Waals surface area contributed by atoms with E-state index in [0.29, 0.717) is 6.42 Å². The number of aliphatic imine (C=N–C) groups is 1. The third-order valence-electron chi connectivity index (χ3n) is 3.11. The fraction of sp³-hybridized carbons (Fsp3) is 0.529. The quantitative estimate of drug-likeness (QED) is 0.368. The standard InChI is InChI=1S/C17H26F3N5O/c1-10(21)9-13(22)23-15(25-16(2,3)4)24-14(26)11-5-7-12(8-6-11)17(18,19)20/h5-8,10,13H,9,21-22H2,1-4H3,(H2,23,24,25,26). The second-order valence-electron chi connectivity index (χ2n) is 7.18. The molecule has 1 aromatic carbocycles. The highest BCUT2D eigenvalue weighted by Crippen LogP contribution is 2.29. The van der Waals surface area contributed by atoms with E-state index < -0.39 is 29.4 Å². The van der Waals surface area contributed by atoms with Crippen molar-refractivity contribution < 1.29 is 18.0 Å². The summed E-state index contributed by atoms with van der Waals surface area (Å²) >= 11 is 0. The third-order valence-corrected chi connectivity index (χ3v) is 3.11. The lowest BCUT2D eigenvalue weighted by atomic mass is 10.1. The van der Waals surface area contributed by atoms with E-state index in [9.17, 15) is 18.0 Å². The first kappa shape index (κ1) is 21.9. The summed E-state index contributed by atoms with van der Waals surface area (Å²) in [6.07, 6.45) is -4.56. The fourth-order valence-corrected chi connectivity index (χ4v) is 2.05. The molecule has 1 aromatic rings. The molecule has 0 aliphatic rings. The Kier molecular flexibility index (Phi) is 7.16. The van der Waals surface area contributed by atoms with E-state index in [4.69, 9.17) is 11.5 Å². The van der Waals surface area contributed by atoms with E-state index in [1.54, 1.807) is 6.92 Å². The van der Waals surface area contributed by atoms with Crippen LogP contribution in [0.1, 0.15) is 50.0 Å². The maximum atomic E-state index is 12.6. The molecule has 26 heavy (non-hydrogen) atoms. The van der Waals surface area contributed by atoms with Gasteiger partial charge in [0.05, 0.1) is 11.7 Å². The maximum absolute atomic E-state index is 12.6. The smallest absolute Gasteiger partial charge is 0.351 e. The van der Waals surface area contributed by atoms with Crippen LogP contribution in [0.4, 0.5) is 13.2 Å². The lowest BCUT2D eigenvalue weighted by molar-refractivity contribution is -0.137. The average Bonchev–Trinajstić information content (AvgIpc) is 2.43. The van der Waals surface area contributed by atoms with Gasteiger partial charge in [-0.3, -0.25) is 4.79 Å². The van der Waals surface area contributed by atoms with Crippen LogP contribution in [-0.2, 0) is 6.18 Å². The number of nitrogens with zero attached hydrogens (tertiary/aromatic N) is 1. The second-order valence-corrected chi connectivity index (χ2v) is 7.18. The van der Waals surface area contributed by atoms with Crippen LogP contribution in [-0.4, -0.2) is 29.6 Å². The molecule has 0 aromatic heterocycles. The average molecular weight is 373 g/mol. The fourth-order valence-electron chi connectivity index (χ4n) is 2.05. The van der Waals surface area contributed by atoms with Gasteiger partial charge in [0.25, 0.3) is 5.91 Å². The summed E-state index contributed by atoms with van der Waals surface area (Å²) in [6, 6.07) is 3.71. The molecule has 0 radical (unpaired) electrons. The number of hydrogen-bond donors (Lipinski definition) is 4. The van der Waals surface area contributed by atoms with Crippen LogP contribution in [0, 0.1) is 0 Å². The number of nitrogens with two attached hydrogens (primary N) is 2. The predicted molar refractivity (Wildman–Crippen MR) is 95.5 cm³/mol. The number of amides is 1. The van der Waals surface area contributed by atoms with Crippen LogP contribution < -0.4 is 22.1 Å². The van der Waals surface area contributed by atoms with E-state index in [2.05, 4.69) is 15.6 Å². The SMILES string of the molecule is CC(N)CC(N)N/C(=N\C(=O)c1ccc(C(F)(F)F)cc1)NC(C)(C)C. The molecule has 1 rings (SSSR count). The van der Waals surface area contributed by atoms with Crippen LogP contribution in [0.5, 0.6) is 0 Å². The zero-order chi connectivity index (χ0) is 20.1. The van der Waals surface area contributed by atoms with Gasteiger partial charge in [0.15, 0.2) is 0 Å². The molecule has 0 bridgehead atoms. The molecule has 0 aliphatic carbocycles. The minimum atomic E-state index is -4.46. The van der Waals surface area contributed by atoms with Gasteiger partial charge in [-0.1, -0.05) is 0 Å². The van der Waals surface area contributed by atoms with Gasteiger partial charge in [-0.15, -0.1) is 0 Å². The van der Waals surface area contributed by atoms with E-state index in [1.165, 1.54) is 0 Å². The molecule has 0 fully saturated rings. The van der Waals surface area contributed by atoms with Crippen molar-refractivity contribution in [3.05, 3.63) is 35.4 Å². The Morgan fingerprint density at radius 1 is 1.15 bits per heavy atom. The van der Waals surface area contributed by atoms with Gasteiger partial charge in [-0.2, -0.15) is 18.2 Å². The molecule has 146 valence electrons. The Bertz CT molecular complexity index is 633. The van der Waals surface area contributed by atoms with E-state index in [1.807, 2.05) is 20.8 Å². The Hall–Kier alpha value is -2.13. The Balaban J connectivity index is 3.00. The van der Waals surface area contributed by atoms with Gasteiger partial charge < -0.3 is 22.1 Å². The van der Waals surface area contributed by atoms with Crippen molar-refractivity contribution in [1.82, 2.24) is 10.6 Å². The van der Waals surface area contributed by atoms with Crippen LogP contribution >= 0.6 is 0 Å². The molecule has 6 N–H and O–H groups in total. The summed E-state index contributed by atoms with van der Waals surface area (Å²) in [5, 5.41) is 5.89. The topological polar surface area (TPSA) is 106 Å². The van der Waals surface area contributed by atoms with E-state index in [-0.39, 0.29) is 17.6 Å². The molecule has 2 atom stereocenters. The monoisotopic (exact) mass is 373 g/mol. The molecular formula is C17H26F3N5O. The molecule has 2 unspecified atom stereocenters. The van der Waals surface area contributed by atoms with Gasteiger partial charge in [-0.05, 0) is 58.4 Å². The summed E-state index contributed by atoms with van der Waals surface area (Å²) in [7, 11) is 0. The molecule has 0 spiro atoms. The van der Waals surface area contributed by atoms with Gasteiger partial charge >= 0.3 is 6.18 Å². The molecule has 0 aliphatic heterocycles. The van der Waals surface area contributed by atoms with Crippen molar-refractivity contribution in [3.63, 3.8) is 0 Å². The zero-order valence-corrected chi connectivity index (χ0v) is 15.3. The first-order valence-electron chi connectivity index (χ1n) is 8.14. The van der Waals surface area contributed by atoms with E-state index >= 15 is 0 Å². The summed E-state index contributed by atoms with van der Waals surface area (Å²) < 4.78 is 37.8. The Morgan fingerprint density at radius 3 is 2.12 bits per heavy atom. The van der Waals surface area contributed by atoms with Crippen molar-refractivity contribution in [2.24, 2.45) is 16.5 Å². The number of nitrogens with one attached hydrogen (secondary N) is 2. The molecule has 0 saturated heterocycles. The summed E-state index contributed by atoms with van der Waals surface area (Å²) in [6.45, 7) is 7.39. The van der Waals surface area contributed by atoms with Gasteiger partial charge in [-0.25, -0.2) is 0 Å². The summed E-state index contributed by atoms with van der Waals surface area (Å²) in [5.41, 5.74) is 10.4. The van der Waals surface area contributed by atoms with Gasteiger partial charge in [0.1, 0.15) is 0 Å². The number of carbonyl (C=O) groups is 1. The highest BCUT2D eigenvalue weighted by atomic mass is 19.4. The highest BCUT2D eigenvalue weighted by molar-refractivity contribution is 6.02. The van der Waals surface area contributed by atoms with Gasteiger partial charge in [0, 0.05) is 17.1 Å². The van der Waals surface area contributed by atoms with E-state index in [0.717, 1.165) is 24.3 Å². The lowest BCUT2D eigenvalue weighted by Crippen LogP contribution is -2.54. The predicted octanol–water partition coefficient (Wildman–Crippen LogP) is 2.20. The normalized spacial score (nSPS) is 15.3. The number of guanidine groups is 1. The number of rotatable bonds is 4. The van der Waals surface area contributed by atoms with Crippen LogP contribution in [0.2, 0.25) is 0 Å². The highest BCUT2D eigenvalue weighted by Gasteiger charge is 2.30. The summed E-state index contributed by atoms with van der Waals surface area (Å²) in [4.78, 5) is 16.2. The first-order valence-corrected chi connectivity index (χ1v) is 8.14. The largest absolute Gasteiger partial charge is 0.416 e. The number of hydrogen-bond acceptors (Lipinski definition) is 3. The Labute approximate surface area is 151 Å². The Morgan fingerprint density at radius 2 is 1.69 bits per heavy atom. The van der Waals surface area contributed by atoms with Gasteiger partial charge in [0.2, 0.25) is 5.96 Å². The third kappa shape index (κ3) is 7.83. The minimum Gasteiger partial charge on any atom is -0.351 e. The number of carbonyl (C=O) groups excluding carboxylic acids is 1. The maximum Gasteiger partial charge on any atom is 0.416 e. The number of alkyl halides is 3. The molecule has 6 nitrogen and oxygen atoms in total. The lowest BCUT2D eigenvalue weighted by Gasteiger charge is -2.26. The van der Waals surface area contributed by atoms with Crippen molar-refractivity contribution in [3.8, 4) is 0 Å². The minimum absolute atomic E-state index is 0.0359. The van der Waals surface area contributed by atoms with Crippen molar-refractivity contribution in [1.29, 1.82) is 0 Å². The summed E-state index contributed by atoms with van der Waals surface area (Å²) in [5.74, 6) is -0.554. The molecule has 9 heteroatoms. The number of halogens is 3. The van der Waals surface area contributed by atoms with Crippen molar-refractivity contribution >= 4 is 11.9 Å². The zero-order valence-electron chi connectivity index (χ0n) is 15.3. The van der Waals surface area contributed by atoms with Crippen LogP contribution in [0.3, 0.4) is 0 Å².